The van der Waals surface area contributed by atoms with E-state index in [0.717, 1.165) is 28.1 Å². The number of hydrogen-bond donors (Lipinski definition) is 1. The second kappa shape index (κ2) is 9.06. The molecule has 0 aliphatic heterocycles. The van der Waals surface area contributed by atoms with E-state index in [9.17, 15) is 4.79 Å². The van der Waals surface area contributed by atoms with Crippen molar-refractivity contribution in [1.29, 1.82) is 0 Å². The molecular weight excluding hydrogens is 408 g/mol. The number of amides is 2. The van der Waals surface area contributed by atoms with Crippen LogP contribution in [0.2, 0.25) is 5.02 Å². The van der Waals surface area contributed by atoms with Gasteiger partial charge in [-0.25, -0.2) is 9.78 Å². The van der Waals surface area contributed by atoms with Gasteiger partial charge in [-0.2, -0.15) is 0 Å². The Morgan fingerprint density at radius 3 is 2.10 bits per heavy atom. The second-order valence-electron chi connectivity index (χ2n) is 7.17. The van der Waals surface area contributed by atoms with Crippen LogP contribution >= 0.6 is 11.6 Å². The first kappa shape index (κ1) is 20.7. The third-order valence-corrected chi connectivity index (χ3v) is 5.37. The van der Waals surface area contributed by atoms with Crippen LogP contribution in [0.4, 0.5) is 10.7 Å². The van der Waals surface area contributed by atoms with Gasteiger partial charge in [-0.15, -0.1) is 0 Å². The molecule has 5 nitrogen and oxygen atoms in total. The molecule has 1 heterocycles. The van der Waals surface area contributed by atoms with Crippen LogP contribution in [0.5, 0.6) is 0 Å². The molecule has 0 spiro atoms. The number of imidazole rings is 1. The van der Waals surface area contributed by atoms with Crippen LogP contribution in [0.25, 0.3) is 22.5 Å². The van der Waals surface area contributed by atoms with Crippen LogP contribution in [-0.4, -0.2) is 29.7 Å². The molecule has 0 fully saturated rings. The van der Waals surface area contributed by atoms with Crippen LogP contribution in [-0.2, 0) is 6.54 Å². The summed E-state index contributed by atoms with van der Waals surface area (Å²) < 4.78 is 2.08. The molecule has 0 aliphatic carbocycles. The summed E-state index contributed by atoms with van der Waals surface area (Å²) >= 11 is 6.09. The van der Waals surface area contributed by atoms with Gasteiger partial charge in [0.05, 0.1) is 17.9 Å². The van der Waals surface area contributed by atoms with E-state index < -0.39 is 0 Å². The van der Waals surface area contributed by atoms with Gasteiger partial charge in [0, 0.05) is 30.2 Å². The van der Waals surface area contributed by atoms with Crippen molar-refractivity contribution in [2.24, 2.45) is 0 Å². The van der Waals surface area contributed by atoms with E-state index >= 15 is 0 Å². The Hall–Kier alpha value is -3.57. The van der Waals surface area contributed by atoms with Gasteiger partial charge in [0.15, 0.2) is 0 Å². The minimum atomic E-state index is -0.235. The molecule has 0 atom stereocenters. The largest absolute Gasteiger partial charge is 0.341 e. The van der Waals surface area contributed by atoms with E-state index in [0.29, 0.717) is 17.5 Å². The van der Waals surface area contributed by atoms with E-state index in [2.05, 4.69) is 22.0 Å². The minimum Gasteiger partial charge on any atom is -0.341 e. The lowest BCUT2D eigenvalue weighted by atomic mass is 10.0. The highest BCUT2D eigenvalue weighted by Crippen LogP contribution is 2.36. The number of hydrogen-bond acceptors (Lipinski definition) is 2. The van der Waals surface area contributed by atoms with Crippen molar-refractivity contribution in [3.05, 3.63) is 95.5 Å². The maximum atomic E-state index is 12.5. The van der Waals surface area contributed by atoms with Crippen molar-refractivity contribution in [1.82, 2.24) is 14.9 Å². The maximum absolute atomic E-state index is 12.5. The Labute approximate surface area is 186 Å². The molecule has 4 rings (SSSR count). The zero-order valence-corrected chi connectivity index (χ0v) is 18.2. The third-order valence-electron chi connectivity index (χ3n) is 5.11. The molecule has 0 bridgehead atoms. The molecule has 0 unspecified atom stereocenters. The second-order valence-corrected chi connectivity index (χ2v) is 7.60. The van der Waals surface area contributed by atoms with E-state index in [1.54, 1.807) is 14.1 Å². The Balaban J connectivity index is 1.97. The summed E-state index contributed by atoms with van der Waals surface area (Å²) in [7, 11) is 3.34. The van der Waals surface area contributed by atoms with E-state index in [4.69, 9.17) is 16.6 Å². The zero-order chi connectivity index (χ0) is 21.8. The number of nitrogens with zero attached hydrogens (tertiary/aromatic N) is 3. The van der Waals surface area contributed by atoms with Crippen LogP contribution < -0.4 is 10.2 Å². The van der Waals surface area contributed by atoms with Gasteiger partial charge in [0.1, 0.15) is 0 Å². The van der Waals surface area contributed by atoms with Crippen molar-refractivity contribution in [2.45, 2.75) is 6.54 Å². The number of urea groups is 1. The molecule has 2 amide bonds. The number of benzene rings is 3. The van der Waals surface area contributed by atoms with Crippen molar-refractivity contribution in [3.63, 3.8) is 0 Å². The summed E-state index contributed by atoms with van der Waals surface area (Å²) in [5.41, 5.74) is 4.85. The smallest absolute Gasteiger partial charge is 0.323 e. The predicted molar refractivity (Wildman–Crippen MR) is 127 cm³/mol. The summed E-state index contributed by atoms with van der Waals surface area (Å²) in [4.78, 5) is 19.0. The van der Waals surface area contributed by atoms with Crippen molar-refractivity contribution in [2.75, 3.05) is 19.0 Å². The number of carbonyl (C=O) groups excluding carboxylic acids is 1. The Morgan fingerprint density at radius 2 is 1.52 bits per heavy atom. The molecule has 1 N–H and O–H groups in total. The summed E-state index contributed by atoms with van der Waals surface area (Å²) in [5, 5.41) is 3.37. The lowest BCUT2D eigenvalue weighted by Crippen LogP contribution is -2.36. The highest BCUT2D eigenvalue weighted by atomic mass is 35.5. The predicted octanol–water partition coefficient (Wildman–Crippen LogP) is 5.69. The number of nitrogens with one attached hydrogen (secondary N) is 1. The van der Waals surface area contributed by atoms with Gasteiger partial charge in [0.25, 0.3) is 0 Å². The third kappa shape index (κ3) is 4.32. The molecule has 6 heteroatoms. The van der Waals surface area contributed by atoms with Crippen LogP contribution in [0.1, 0.15) is 5.56 Å². The monoisotopic (exact) mass is 430 g/mol. The molecule has 156 valence electrons. The Kier molecular flexibility index (Phi) is 6.05. The lowest BCUT2D eigenvalue weighted by molar-refractivity contribution is 0.249. The standard InChI is InChI=1S/C25H23ClN4O/c1-27-25(31)29(2)24-28-22(19-9-5-3-6-10-19)23(20-11-7-4-8-12-20)30(24)17-18-13-15-21(26)16-14-18/h3-16H,17H2,1-2H3,(H,27,31). The maximum Gasteiger partial charge on any atom is 0.323 e. The van der Waals surface area contributed by atoms with Gasteiger partial charge in [-0.1, -0.05) is 84.4 Å². The topological polar surface area (TPSA) is 50.2 Å². The van der Waals surface area contributed by atoms with Crippen LogP contribution in [0.15, 0.2) is 84.9 Å². The highest BCUT2D eigenvalue weighted by molar-refractivity contribution is 6.30. The molecule has 0 saturated carbocycles. The molecule has 3 aromatic carbocycles. The first-order valence-corrected chi connectivity index (χ1v) is 10.4. The minimum absolute atomic E-state index is 0.235. The number of rotatable bonds is 5. The van der Waals surface area contributed by atoms with E-state index in [1.165, 1.54) is 4.90 Å². The lowest BCUT2D eigenvalue weighted by Gasteiger charge is -2.19. The molecule has 0 aliphatic rings. The summed E-state index contributed by atoms with van der Waals surface area (Å²) in [6, 6.07) is 27.6. The normalized spacial score (nSPS) is 10.7. The fourth-order valence-corrected chi connectivity index (χ4v) is 3.69. The first-order chi connectivity index (χ1) is 15.1. The first-order valence-electron chi connectivity index (χ1n) is 9.99. The molecule has 1 aromatic heterocycles. The van der Waals surface area contributed by atoms with Crippen molar-refractivity contribution in [3.8, 4) is 22.5 Å². The van der Waals surface area contributed by atoms with Crippen molar-refractivity contribution >= 4 is 23.6 Å². The average Bonchev–Trinajstić information content (AvgIpc) is 3.19. The van der Waals surface area contributed by atoms with Gasteiger partial charge in [-0.05, 0) is 17.7 Å². The van der Waals surface area contributed by atoms with Crippen LogP contribution in [0, 0.1) is 0 Å². The van der Waals surface area contributed by atoms with Gasteiger partial charge >= 0.3 is 6.03 Å². The SMILES string of the molecule is CNC(=O)N(C)c1nc(-c2ccccc2)c(-c2ccccc2)n1Cc1ccc(Cl)cc1. The number of anilines is 1. The number of halogens is 1. The molecule has 4 aromatic rings. The van der Waals surface area contributed by atoms with Gasteiger partial charge in [-0.3, -0.25) is 4.90 Å². The molecular formula is C25H23ClN4O. The van der Waals surface area contributed by atoms with Gasteiger partial charge in [0.2, 0.25) is 5.95 Å². The molecule has 31 heavy (non-hydrogen) atoms. The summed E-state index contributed by atoms with van der Waals surface area (Å²) in [5.74, 6) is 0.562. The van der Waals surface area contributed by atoms with Crippen LogP contribution in [0.3, 0.4) is 0 Å². The Bertz CT molecular complexity index is 1170. The number of aromatic nitrogens is 2. The Morgan fingerprint density at radius 1 is 0.935 bits per heavy atom. The summed E-state index contributed by atoms with van der Waals surface area (Å²) in [6.45, 7) is 0.540. The highest BCUT2D eigenvalue weighted by Gasteiger charge is 2.24. The quantitative estimate of drug-likeness (QED) is 0.442. The van der Waals surface area contributed by atoms with E-state index in [-0.39, 0.29) is 6.03 Å². The fourth-order valence-electron chi connectivity index (χ4n) is 3.56. The average molecular weight is 431 g/mol. The molecule has 0 radical (unpaired) electrons. The molecule has 0 saturated heterocycles. The van der Waals surface area contributed by atoms with E-state index in [1.807, 2.05) is 72.8 Å². The van der Waals surface area contributed by atoms with Crippen molar-refractivity contribution < 1.29 is 4.79 Å². The van der Waals surface area contributed by atoms with Gasteiger partial charge < -0.3 is 9.88 Å². The fraction of sp³-hybridized carbons (Fsp3) is 0.120. The number of carbonyl (C=O) groups is 1. The summed E-state index contributed by atoms with van der Waals surface area (Å²) in [6.07, 6.45) is 0. The zero-order valence-electron chi connectivity index (χ0n) is 17.4.